The Balaban J connectivity index is 2.84. The summed E-state index contributed by atoms with van der Waals surface area (Å²) in [6.45, 7) is 1.68. The summed E-state index contributed by atoms with van der Waals surface area (Å²) in [7, 11) is 1.30. The molecule has 6 heteroatoms. The minimum absolute atomic E-state index is 0.348. The summed E-state index contributed by atoms with van der Waals surface area (Å²) in [5, 5.41) is 19.9. The molecule has 0 spiro atoms. The minimum Gasteiger partial charge on any atom is -0.502 e. The highest BCUT2D eigenvalue weighted by atomic mass is 16.6. The molecule has 92 valence electrons. The van der Waals surface area contributed by atoms with Crippen LogP contribution >= 0.6 is 0 Å². The topological polar surface area (TPSA) is 89.7 Å². The van der Waals surface area contributed by atoms with Gasteiger partial charge >= 0.3 is 11.7 Å². The van der Waals surface area contributed by atoms with E-state index >= 15 is 0 Å². The van der Waals surface area contributed by atoms with Gasteiger partial charge in [0, 0.05) is 6.07 Å². The van der Waals surface area contributed by atoms with Gasteiger partial charge in [-0.05, 0) is 18.1 Å². The second kappa shape index (κ2) is 5.29. The molecule has 0 aliphatic rings. The van der Waals surface area contributed by atoms with Crippen molar-refractivity contribution in [3.8, 4) is 5.75 Å². The highest BCUT2D eigenvalue weighted by Crippen LogP contribution is 2.27. The molecule has 1 aromatic carbocycles. The van der Waals surface area contributed by atoms with E-state index in [1.165, 1.54) is 25.3 Å². The lowest BCUT2D eigenvalue weighted by molar-refractivity contribution is -0.385. The van der Waals surface area contributed by atoms with Crippen molar-refractivity contribution in [2.45, 2.75) is 13.3 Å². The average molecular weight is 239 g/mol. The van der Waals surface area contributed by atoms with Gasteiger partial charge in [0.1, 0.15) is 0 Å². The van der Waals surface area contributed by atoms with E-state index in [9.17, 15) is 20.0 Å². The first kappa shape index (κ1) is 13.0. The van der Waals surface area contributed by atoms with Crippen LogP contribution in [0.3, 0.4) is 0 Å². The van der Waals surface area contributed by atoms with Crippen LogP contribution in [-0.2, 0) is 16.0 Å². The summed E-state index contributed by atoms with van der Waals surface area (Å²) in [6.07, 6.45) is 0.359. The van der Waals surface area contributed by atoms with Crippen molar-refractivity contribution in [3.05, 3.63) is 33.9 Å². The van der Waals surface area contributed by atoms with E-state index in [0.717, 1.165) is 0 Å². The van der Waals surface area contributed by atoms with Crippen LogP contribution in [0, 0.1) is 16.0 Å². The Labute approximate surface area is 98.0 Å². The number of nitro benzene ring substituents is 1. The number of nitro groups is 1. The maximum absolute atomic E-state index is 11.2. The van der Waals surface area contributed by atoms with E-state index in [1.807, 2.05) is 0 Å². The predicted molar refractivity (Wildman–Crippen MR) is 59.6 cm³/mol. The summed E-state index contributed by atoms with van der Waals surface area (Å²) in [5.74, 6) is -1.12. The summed E-state index contributed by atoms with van der Waals surface area (Å²) in [4.78, 5) is 21.0. The van der Waals surface area contributed by atoms with Gasteiger partial charge in [0.2, 0.25) is 0 Å². The number of phenolic OH excluding ortho intramolecular Hbond substituents is 1. The van der Waals surface area contributed by atoms with Crippen molar-refractivity contribution >= 4 is 11.7 Å². The highest BCUT2D eigenvalue weighted by molar-refractivity contribution is 5.72. The third-order valence-electron chi connectivity index (χ3n) is 2.38. The number of phenols is 1. The van der Waals surface area contributed by atoms with Gasteiger partial charge in [0.25, 0.3) is 0 Å². The Morgan fingerprint density at radius 1 is 1.59 bits per heavy atom. The number of rotatable bonds is 4. The summed E-state index contributed by atoms with van der Waals surface area (Å²) >= 11 is 0. The van der Waals surface area contributed by atoms with E-state index in [0.29, 0.717) is 12.0 Å². The predicted octanol–water partition coefficient (Wildman–Crippen LogP) is 1.65. The van der Waals surface area contributed by atoms with Crippen LogP contribution in [0.25, 0.3) is 0 Å². The van der Waals surface area contributed by atoms with E-state index in [4.69, 9.17) is 0 Å². The quantitative estimate of drug-likeness (QED) is 0.490. The average Bonchev–Trinajstić information content (AvgIpc) is 2.27. The number of esters is 1. The van der Waals surface area contributed by atoms with Crippen molar-refractivity contribution in [1.82, 2.24) is 0 Å². The Morgan fingerprint density at radius 3 is 2.71 bits per heavy atom. The number of carbonyl (C=O) groups is 1. The van der Waals surface area contributed by atoms with Crippen molar-refractivity contribution in [3.63, 3.8) is 0 Å². The normalized spacial score (nSPS) is 11.9. The largest absolute Gasteiger partial charge is 0.502 e. The van der Waals surface area contributed by atoms with Crippen LogP contribution in [0.15, 0.2) is 18.2 Å². The zero-order valence-corrected chi connectivity index (χ0v) is 9.54. The molecular weight excluding hydrogens is 226 g/mol. The molecule has 17 heavy (non-hydrogen) atoms. The Bertz CT molecular complexity index is 443. The van der Waals surface area contributed by atoms with Crippen molar-refractivity contribution in [2.24, 2.45) is 5.92 Å². The van der Waals surface area contributed by atoms with Crippen LogP contribution in [0.5, 0.6) is 5.75 Å². The van der Waals surface area contributed by atoms with Crippen LogP contribution < -0.4 is 0 Å². The maximum atomic E-state index is 11.2. The standard InChI is InChI=1S/C11H13NO5/c1-7(11(14)17-2)5-8-3-4-9(12(15)16)10(13)6-8/h3-4,6-7,13H,5H2,1-2H3/t7-/m0/s1. The zero-order chi connectivity index (χ0) is 13.0. The Kier molecular flexibility index (Phi) is 4.03. The number of carbonyl (C=O) groups excluding carboxylic acids is 1. The molecule has 0 fully saturated rings. The fraction of sp³-hybridized carbons (Fsp3) is 0.364. The fourth-order valence-electron chi connectivity index (χ4n) is 1.49. The van der Waals surface area contributed by atoms with Gasteiger partial charge in [-0.1, -0.05) is 13.0 Å². The van der Waals surface area contributed by atoms with Crippen molar-refractivity contribution in [1.29, 1.82) is 0 Å². The van der Waals surface area contributed by atoms with Gasteiger partial charge in [-0.2, -0.15) is 0 Å². The molecule has 0 aliphatic heterocycles. The van der Waals surface area contributed by atoms with Gasteiger partial charge in [-0.3, -0.25) is 14.9 Å². The molecule has 0 saturated carbocycles. The number of ether oxygens (including phenoxy) is 1. The lowest BCUT2D eigenvalue weighted by Crippen LogP contribution is -2.15. The molecule has 0 radical (unpaired) electrons. The zero-order valence-electron chi connectivity index (χ0n) is 9.54. The molecule has 0 aromatic heterocycles. The molecule has 0 heterocycles. The molecule has 0 amide bonds. The number of nitrogens with zero attached hydrogens (tertiary/aromatic N) is 1. The lowest BCUT2D eigenvalue weighted by Gasteiger charge is -2.09. The molecule has 1 atom stereocenters. The van der Waals surface area contributed by atoms with Crippen molar-refractivity contribution < 1.29 is 19.6 Å². The van der Waals surface area contributed by atoms with Crippen LogP contribution in [0.1, 0.15) is 12.5 Å². The van der Waals surface area contributed by atoms with Gasteiger partial charge in [-0.25, -0.2) is 0 Å². The van der Waals surface area contributed by atoms with Gasteiger partial charge in [0.15, 0.2) is 5.75 Å². The first-order valence-corrected chi connectivity index (χ1v) is 4.99. The smallest absolute Gasteiger partial charge is 0.310 e. The number of methoxy groups -OCH3 is 1. The van der Waals surface area contributed by atoms with Crippen LogP contribution in [-0.4, -0.2) is 23.1 Å². The SMILES string of the molecule is COC(=O)[C@@H](C)Cc1ccc([N+](=O)[O-])c(O)c1. The van der Waals surface area contributed by atoms with Gasteiger partial charge in [-0.15, -0.1) is 0 Å². The summed E-state index contributed by atoms with van der Waals surface area (Å²) < 4.78 is 4.57. The molecule has 0 bridgehead atoms. The molecular formula is C11H13NO5. The van der Waals surface area contributed by atoms with E-state index in [-0.39, 0.29) is 17.6 Å². The third kappa shape index (κ3) is 3.17. The van der Waals surface area contributed by atoms with E-state index in [2.05, 4.69) is 4.74 Å². The van der Waals surface area contributed by atoms with E-state index < -0.39 is 10.7 Å². The van der Waals surface area contributed by atoms with Gasteiger partial charge < -0.3 is 9.84 Å². The van der Waals surface area contributed by atoms with E-state index in [1.54, 1.807) is 6.92 Å². The molecule has 0 aliphatic carbocycles. The summed E-state index contributed by atoms with van der Waals surface area (Å²) in [5.41, 5.74) is 0.297. The number of aromatic hydroxyl groups is 1. The van der Waals surface area contributed by atoms with Crippen LogP contribution in [0.4, 0.5) is 5.69 Å². The monoisotopic (exact) mass is 239 g/mol. The number of benzene rings is 1. The molecule has 6 nitrogen and oxygen atoms in total. The highest BCUT2D eigenvalue weighted by Gasteiger charge is 2.17. The maximum Gasteiger partial charge on any atom is 0.310 e. The Hall–Kier alpha value is -2.11. The second-order valence-corrected chi connectivity index (χ2v) is 3.71. The van der Waals surface area contributed by atoms with Crippen molar-refractivity contribution in [2.75, 3.05) is 7.11 Å². The Morgan fingerprint density at radius 2 is 2.24 bits per heavy atom. The number of hydrogen-bond donors (Lipinski definition) is 1. The fourth-order valence-corrected chi connectivity index (χ4v) is 1.49. The lowest BCUT2D eigenvalue weighted by atomic mass is 10.0. The third-order valence-corrected chi connectivity index (χ3v) is 2.38. The first-order valence-electron chi connectivity index (χ1n) is 4.99. The second-order valence-electron chi connectivity index (χ2n) is 3.71. The summed E-state index contributed by atoms with van der Waals surface area (Å²) in [6, 6.07) is 4.02. The molecule has 1 N–H and O–H groups in total. The molecule has 1 rings (SSSR count). The number of hydrogen-bond acceptors (Lipinski definition) is 5. The van der Waals surface area contributed by atoms with Gasteiger partial charge in [0.05, 0.1) is 18.0 Å². The minimum atomic E-state index is -0.664. The molecule has 1 aromatic rings. The molecule has 0 saturated heterocycles. The first-order chi connectivity index (χ1) is 7.95. The molecule has 0 unspecified atom stereocenters. The van der Waals surface area contributed by atoms with Crippen LogP contribution in [0.2, 0.25) is 0 Å².